The molecule has 0 saturated carbocycles. The molecule has 3 aromatic carbocycles. The van der Waals surface area contributed by atoms with Gasteiger partial charge in [0.2, 0.25) is 0 Å². The maximum atomic E-state index is 2.28. The highest BCUT2D eigenvalue weighted by molar-refractivity contribution is 5.73. The molecule has 0 aromatic heterocycles. The van der Waals surface area contributed by atoms with Gasteiger partial charge < -0.3 is 0 Å². The molecule has 0 aliphatic carbocycles. The van der Waals surface area contributed by atoms with Crippen molar-refractivity contribution in [2.45, 2.75) is 13.3 Å². The Morgan fingerprint density at radius 1 is 0.550 bits per heavy atom. The third-order valence-electron chi connectivity index (χ3n) is 3.64. The molecule has 0 aliphatic heterocycles. The molecule has 20 heavy (non-hydrogen) atoms. The summed E-state index contributed by atoms with van der Waals surface area (Å²) in [6.45, 7) is 2.19. The van der Waals surface area contributed by atoms with E-state index in [0.29, 0.717) is 0 Å². The number of hydrogen-bond donors (Lipinski definition) is 0. The molecule has 0 spiro atoms. The highest BCUT2D eigenvalue weighted by Crippen LogP contribution is 2.26. The third-order valence-corrected chi connectivity index (χ3v) is 3.64. The van der Waals surface area contributed by atoms with Gasteiger partial charge in [-0.1, -0.05) is 79.7 Å². The van der Waals surface area contributed by atoms with Crippen molar-refractivity contribution in [1.29, 1.82) is 0 Å². The van der Waals surface area contributed by atoms with Gasteiger partial charge in [-0.3, -0.25) is 0 Å². The van der Waals surface area contributed by atoms with E-state index in [4.69, 9.17) is 0 Å². The van der Waals surface area contributed by atoms with Gasteiger partial charge >= 0.3 is 0 Å². The normalized spacial score (nSPS) is 10.4. The SMILES string of the molecule is CCc1cccc(-c2cccc(-c3ccccc3)c2)c1. The van der Waals surface area contributed by atoms with Gasteiger partial charge in [-0.15, -0.1) is 0 Å². The minimum Gasteiger partial charge on any atom is -0.0622 e. The Morgan fingerprint density at radius 2 is 1.10 bits per heavy atom. The van der Waals surface area contributed by atoms with E-state index in [0.717, 1.165) is 6.42 Å². The molecule has 0 heteroatoms. The van der Waals surface area contributed by atoms with E-state index in [-0.39, 0.29) is 0 Å². The topological polar surface area (TPSA) is 0 Å². The molecule has 0 fully saturated rings. The Balaban J connectivity index is 2.03. The molecule has 0 nitrogen and oxygen atoms in total. The zero-order valence-electron chi connectivity index (χ0n) is 11.7. The lowest BCUT2D eigenvalue weighted by Gasteiger charge is -2.07. The molecule has 0 unspecified atom stereocenters. The zero-order valence-corrected chi connectivity index (χ0v) is 11.7. The Kier molecular flexibility index (Phi) is 3.64. The second-order valence-electron chi connectivity index (χ2n) is 5.00. The van der Waals surface area contributed by atoms with Gasteiger partial charge in [-0.25, -0.2) is 0 Å². The average molecular weight is 258 g/mol. The monoisotopic (exact) mass is 258 g/mol. The molecule has 3 rings (SSSR count). The standard InChI is InChI=1S/C20H18/c1-2-16-8-6-11-18(14-16)20-13-7-12-19(15-20)17-9-4-3-5-10-17/h3-15H,2H2,1H3. The molecule has 0 radical (unpaired) electrons. The largest absolute Gasteiger partial charge is 0.0622 e. The summed E-state index contributed by atoms with van der Waals surface area (Å²) < 4.78 is 0. The van der Waals surface area contributed by atoms with E-state index in [1.807, 2.05) is 0 Å². The molecule has 0 amide bonds. The van der Waals surface area contributed by atoms with Crippen molar-refractivity contribution in [3.8, 4) is 22.3 Å². The van der Waals surface area contributed by atoms with Crippen LogP contribution in [0.5, 0.6) is 0 Å². The maximum absolute atomic E-state index is 2.28. The molecular weight excluding hydrogens is 240 g/mol. The van der Waals surface area contributed by atoms with Crippen molar-refractivity contribution in [3.63, 3.8) is 0 Å². The zero-order chi connectivity index (χ0) is 13.8. The summed E-state index contributed by atoms with van der Waals surface area (Å²) in [5.74, 6) is 0. The summed E-state index contributed by atoms with van der Waals surface area (Å²) in [5, 5.41) is 0. The van der Waals surface area contributed by atoms with Crippen LogP contribution >= 0.6 is 0 Å². The fourth-order valence-electron chi connectivity index (χ4n) is 2.48. The van der Waals surface area contributed by atoms with Gasteiger partial charge in [0.15, 0.2) is 0 Å². The summed E-state index contributed by atoms with van der Waals surface area (Å²) in [6.07, 6.45) is 1.08. The minimum atomic E-state index is 1.08. The van der Waals surface area contributed by atoms with Crippen LogP contribution in [0.3, 0.4) is 0 Å². The van der Waals surface area contributed by atoms with Crippen LogP contribution in [-0.4, -0.2) is 0 Å². The summed E-state index contributed by atoms with van der Waals surface area (Å²) in [6, 6.07) is 28.1. The lowest BCUT2D eigenvalue weighted by atomic mass is 9.98. The summed E-state index contributed by atoms with van der Waals surface area (Å²) in [5.41, 5.74) is 6.49. The lowest BCUT2D eigenvalue weighted by molar-refractivity contribution is 1.14. The maximum Gasteiger partial charge on any atom is -0.0178 e. The predicted octanol–water partition coefficient (Wildman–Crippen LogP) is 5.58. The Hall–Kier alpha value is -2.34. The molecule has 0 heterocycles. The second-order valence-corrected chi connectivity index (χ2v) is 5.00. The van der Waals surface area contributed by atoms with Crippen LogP contribution in [0.15, 0.2) is 78.9 Å². The van der Waals surface area contributed by atoms with Crippen LogP contribution < -0.4 is 0 Å². The van der Waals surface area contributed by atoms with Crippen LogP contribution in [0.25, 0.3) is 22.3 Å². The van der Waals surface area contributed by atoms with Gasteiger partial charge in [0.05, 0.1) is 0 Å². The lowest BCUT2D eigenvalue weighted by Crippen LogP contribution is -1.84. The molecule has 3 aromatic rings. The quantitative estimate of drug-likeness (QED) is 0.575. The van der Waals surface area contributed by atoms with E-state index in [9.17, 15) is 0 Å². The van der Waals surface area contributed by atoms with Crippen LogP contribution in [-0.2, 0) is 6.42 Å². The van der Waals surface area contributed by atoms with Gasteiger partial charge in [-0.05, 0) is 40.3 Å². The summed E-state index contributed by atoms with van der Waals surface area (Å²) >= 11 is 0. The molecule has 98 valence electrons. The van der Waals surface area contributed by atoms with Crippen LogP contribution in [0.2, 0.25) is 0 Å². The van der Waals surface area contributed by atoms with Gasteiger partial charge in [0.1, 0.15) is 0 Å². The number of rotatable bonds is 3. The summed E-state index contributed by atoms with van der Waals surface area (Å²) in [4.78, 5) is 0. The van der Waals surface area contributed by atoms with Gasteiger partial charge in [-0.2, -0.15) is 0 Å². The van der Waals surface area contributed by atoms with Crippen molar-refractivity contribution in [2.75, 3.05) is 0 Å². The highest BCUT2D eigenvalue weighted by Gasteiger charge is 2.02. The Labute approximate surface area is 120 Å². The van der Waals surface area contributed by atoms with Crippen molar-refractivity contribution in [3.05, 3.63) is 84.4 Å². The first-order chi connectivity index (χ1) is 9.86. The van der Waals surface area contributed by atoms with E-state index in [1.54, 1.807) is 0 Å². The smallest absolute Gasteiger partial charge is 0.0178 e. The summed E-state index contributed by atoms with van der Waals surface area (Å²) in [7, 11) is 0. The fraction of sp³-hybridized carbons (Fsp3) is 0.100. The molecule has 0 N–H and O–H groups in total. The number of aryl methyl sites for hydroxylation is 1. The van der Waals surface area contributed by atoms with Crippen LogP contribution in [0, 0.1) is 0 Å². The number of hydrogen-bond acceptors (Lipinski definition) is 0. The van der Waals surface area contributed by atoms with Crippen molar-refractivity contribution in [2.24, 2.45) is 0 Å². The Morgan fingerprint density at radius 3 is 1.80 bits per heavy atom. The van der Waals surface area contributed by atoms with Crippen molar-refractivity contribution >= 4 is 0 Å². The third kappa shape index (κ3) is 2.65. The van der Waals surface area contributed by atoms with Crippen molar-refractivity contribution < 1.29 is 0 Å². The van der Waals surface area contributed by atoms with Crippen LogP contribution in [0.4, 0.5) is 0 Å². The molecule has 0 aliphatic rings. The van der Waals surface area contributed by atoms with E-state index in [1.165, 1.54) is 27.8 Å². The first-order valence-electron chi connectivity index (χ1n) is 7.11. The Bertz CT molecular complexity index is 696. The first kappa shape index (κ1) is 12.7. The fourth-order valence-corrected chi connectivity index (χ4v) is 2.48. The van der Waals surface area contributed by atoms with E-state index in [2.05, 4.69) is 85.8 Å². The van der Waals surface area contributed by atoms with Crippen molar-refractivity contribution in [1.82, 2.24) is 0 Å². The average Bonchev–Trinajstić information content (AvgIpc) is 2.56. The second kappa shape index (κ2) is 5.75. The first-order valence-corrected chi connectivity index (χ1v) is 7.11. The highest BCUT2D eigenvalue weighted by atomic mass is 14.1. The van der Waals surface area contributed by atoms with E-state index < -0.39 is 0 Å². The predicted molar refractivity (Wildman–Crippen MR) is 86.7 cm³/mol. The molecule has 0 saturated heterocycles. The molecule has 0 bridgehead atoms. The van der Waals surface area contributed by atoms with Gasteiger partial charge in [0, 0.05) is 0 Å². The number of benzene rings is 3. The van der Waals surface area contributed by atoms with Crippen LogP contribution in [0.1, 0.15) is 12.5 Å². The molecule has 0 atom stereocenters. The van der Waals surface area contributed by atoms with Gasteiger partial charge in [0.25, 0.3) is 0 Å². The minimum absolute atomic E-state index is 1.08. The molecular formula is C20H18. The van der Waals surface area contributed by atoms with E-state index >= 15 is 0 Å².